The first-order chi connectivity index (χ1) is 14.5. The van der Waals surface area contributed by atoms with Gasteiger partial charge in [-0.15, -0.1) is 5.10 Å². The van der Waals surface area contributed by atoms with Crippen LogP contribution in [-0.4, -0.2) is 25.7 Å². The van der Waals surface area contributed by atoms with Crippen LogP contribution < -0.4 is 5.32 Å². The van der Waals surface area contributed by atoms with Crippen LogP contribution in [0.15, 0.2) is 41.3 Å². The minimum atomic E-state index is -0.378. The number of anilines is 1. The minimum Gasteiger partial charge on any atom is -0.324 e. The second kappa shape index (κ2) is 6.50. The van der Waals surface area contributed by atoms with Crippen molar-refractivity contribution in [2.75, 3.05) is 5.32 Å². The summed E-state index contributed by atoms with van der Waals surface area (Å²) in [7, 11) is 0. The van der Waals surface area contributed by atoms with Crippen molar-refractivity contribution in [2.24, 2.45) is 17.3 Å². The van der Waals surface area contributed by atoms with Gasteiger partial charge in [-0.05, 0) is 80.2 Å². The molecule has 0 saturated heterocycles. The molecule has 0 aliphatic heterocycles. The van der Waals surface area contributed by atoms with Crippen LogP contribution in [0.1, 0.15) is 38.5 Å². The third-order valence-electron chi connectivity index (χ3n) is 7.43. The van der Waals surface area contributed by atoms with Gasteiger partial charge in [-0.3, -0.25) is 9.78 Å². The predicted molar refractivity (Wildman–Crippen MR) is 118 cm³/mol. The number of carbonyl (C=O) groups excluding carboxylic acids is 1. The average Bonchev–Trinajstić information content (AvgIpc) is 3.17. The maximum Gasteiger partial charge on any atom is 0.242 e. The van der Waals surface area contributed by atoms with E-state index >= 15 is 0 Å². The monoisotopic (exact) mass is 485 g/mol. The molecule has 6 nitrogen and oxygen atoms in total. The number of carbonyl (C=O) groups is 1. The van der Waals surface area contributed by atoms with Gasteiger partial charge in [-0.2, -0.15) is 0 Å². The van der Waals surface area contributed by atoms with Crippen LogP contribution in [0.5, 0.6) is 0 Å². The van der Waals surface area contributed by atoms with E-state index < -0.39 is 0 Å². The summed E-state index contributed by atoms with van der Waals surface area (Å²) in [6.07, 6.45) is 9.51. The fourth-order valence-corrected chi connectivity index (χ4v) is 7.29. The highest BCUT2D eigenvalue weighted by atomic mass is 79.9. The molecule has 7 rings (SSSR count). The smallest absolute Gasteiger partial charge is 0.242 e. The summed E-state index contributed by atoms with van der Waals surface area (Å²) in [5.41, 5.74) is 1.05. The lowest BCUT2D eigenvalue weighted by molar-refractivity contribution is -0.150. The number of hydrogen-bond donors (Lipinski definition) is 1. The Hall–Kier alpha value is -1.99. The zero-order valence-electron chi connectivity index (χ0n) is 16.3. The Balaban J connectivity index is 1.37. The highest BCUT2D eigenvalue weighted by molar-refractivity contribution is 9.10. The molecular weight excluding hydrogens is 466 g/mol. The van der Waals surface area contributed by atoms with Gasteiger partial charge in [0.1, 0.15) is 6.33 Å². The lowest BCUT2D eigenvalue weighted by Gasteiger charge is -2.60. The van der Waals surface area contributed by atoms with Crippen LogP contribution in [0.3, 0.4) is 0 Å². The molecule has 1 amide bonds. The molecule has 2 heterocycles. The second-order valence-electron chi connectivity index (χ2n) is 9.37. The third-order valence-corrected chi connectivity index (χ3v) is 8.29. The minimum absolute atomic E-state index is 0.112. The topological polar surface area (TPSA) is 72.7 Å². The quantitative estimate of drug-likeness (QED) is 0.554. The summed E-state index contributed by atoms with van der Waals surface area (Å²) < 4.78 is 2.92. The van der Waals surface area contributed by atoms with E-state index in [-0.39, 0.29) is 22.1 Å². The molecule has 154 valence electrons. The maximum absolute atomic E-state index is 13.8. The van der Waals surface area contributed by atoms with Crippen molar-refractivity contribution in [3.8, 4) is 0 Å². The summed E-state index contributed by atoms with van der Waals surface area (Å²) >= 11 is 9.62. The molecule has 1 aromatic carbocycles. The van der Waals surface area contributed by atoms with E-state index in [1.165, 1.54) is 6.42 Å². The Morgan fingerprint density at radius 3 is 2.70 bits per heavy atom. The van der Waals surface area contributed by atoms with Gasteiger partial charge >= 0.3 is 0 Å². The molecule has 4 aliphatic rings. The van der Waals surface area contributed by atoms with E-state index in [0.29, 0.717) is 11.8 Å². The highest BCUT2D eigenvalue weighted by Gasteiger charge is 2.61. The SMILES string of the molecule is O=C(Nc1ccc(Br)c2cccnc12)C12CC3CC(C1)CC(n1cnc(Cl)n1)(C3)C2. The normalized spacial score (nSPS) is 31.9. The Labute approximate surface area is 187 Å². The molecule has 0 radical (unpaired) electrons. The lowest BCUT2D eigenvalue weighted by Crippen LogP contribution is -2.60. The van der Waals surface area contributed by atoms with Crippen LogP contribution in [-0.2, 0) is 10.3 Å². The highest BCUT2D eigenvalue weighted by Crippen LogP contribution is 2.64. The molecule has 4 bridgehead atoms. The van der Waals surface area contributed by atoms with Gasteiger partial charge in [-0.25, -0.2) is 9.67 Å². The first kappa shape index (κ1) is 18.8. The van der Waals surface area contributed by atoms with E-state index in [4.69, 9.17) is 11.6 Å². The first-order valence-corrected chi connectivity index (χ1v) is 11.6. The standard InChI is InChI=1S/C22H21BrClN5O/c23-16-3-4-17(18-15(16)2-1-5-25-18)27-19(30)21-7-13-6-14(8-21)10-22(9-13,11-21)29-12-26-20(24)28-29/h1-5,12-14H,6-11H2,(H,27,30). The number of pyridine rings is 1. The third kappa shape index (κ3) is 2.74. The van der Waals surface area contributed by atoms with E-state index in [1.54, 1.807) is 12.5 Å². The second-order valence-corrected chi connectivity index (χ2v) is 10.6. The van der Waals surface area contributed by atoms with Gasteiger partial charge in [0.2, 0.25) is 11.2 Å². The number of benzene rings is 1. The Kier molecular flexibility index (Phi) is 4.06. The molecular formula is C22H21BrClN5O. The Morgan fingerprint density at radius 2 is 1.97 bits per heavy atom. The van der Waals surface area contributed by atoms with Gasteiger partial charge in [0, 0.05) is 16.1 Å². The van der Waals surface area contributed by atoms with E-state index in [1.807, 2.05) is 28.9 Å². The number of hydrogen-bond acceptors (Lipinski definition) is 4. The van der Waals surface area contributed by atoms with Crippen molar-refractivity contribution >= 4 is 50.0 Å². The summed E-state index contributed by atoms with van der Waals surface area (Å²) in [6.45, 7) is 0. The van der Waals surface area contributed by atoms with Crippen LogP contribution in [0, 0.1) is 17.3 Å². The molecule has 2 atom stereocenters. The fourth-order valence-electron chi connectivity index (χ4n) is 6.71. The molecule has 2 unspecified atom stereocenters. The Bertz CT molecular complexity index is 1160. The number of nitrogens with one attached hydrogen (secondary N) is 1. The first-order valence-electron chi connectivity index (χ1n) is 10.4. The predicted octanol–water partition coefficient (Wildman–Crippen LogP) is 5.18. The molecule has 0 spiro atoms. The van der Waals surface area contributed by atoms with Gasteiger partial charge in [0.05, 0.1) is 22.2 Å². The molecule has 2 aromatic heterocycles. The summed E-state index contributed by atoms with van der Waals surface area (Å²) in [5, 5.41) is 8.97. The van der Waals surface area contributed by atoms with Crippen molar-refractivity contribution < 1.29 is 4.79 Å². The summed E-state index contributed by atoms with van der Waals surface area (Å²) in [5.74, 6) is 1.20. The van der Waals surface area contributed by atoms with Crippen molar-refractivity contribution in [2.45, 2.75) is 44.1 Å². The number of halogens is 2. The van der Waals surface area contributed by atoms with Crippen molar-refractivity contribution in [1.82, 2.24) is 19.7 Å². The van der Waals surface area contributed by atoms with Crippen molar-refractivity contribution in [3.63, 3.8) is 0 Å². The zero-order chi connectivity index (χ0) is 20.5. The van der Waals surface area contributed by atoms with Gasteiger partial charge in [0.15, 0.2) is 0 Å². The fraction of sp³-hybridized carbons (Fsp3) is 0.455. The van der Waals surface area contributed by atoms with Gasteiger partial charge < -0.3 is 5.32 Å². The number of fused-ring (bicyclic) bond motifs is 1. The summed E-state index contributed by atoms with van der Waals surface area (Å²) in [6, 6.07) is 7.82. The molecule has 4 aliphatic carbocycles. The molecule has 1 N–H and O–H groups in total. The maximum atomic E-state index is 13.8. The van der Waals surface area contributed by atoms with Gasteiger partial charge in [0.25, 0.3) is 0 Å². The Morgan fingerprint density at radius 1 is 1.17 bits per heavy atom. The number of rotatable bonds is 3. The van der Waals surface area contributed by atoms with Crippen LogP contribution in [0.4, 0.5) is 5.69 Å². The van der Waals surface area contributed by atoms with Gasteiger partial charge in [-0.1, -0.05) is 22.0 Å². The summed E-state index contributed by atoms with van der Waals surface area (Å²) in [4.78, 5) is 22.4. The molecule has 8 heteroatoms. The van der Waals surface area contributed by atoms with Crippen LogP contribution in [0.25, 0.3) is 10.9 Å². The number of aromatic nitrogens is 4. The molecule has 3 aromatic rings. The largest absolute Gasteiger partial charge is 0.324 e. The van der Waals surface area contributed by atoms with E-state index in [0.717, 1.165) is 53.2 Å². The number of amides is 1. The van der Waals surface area contributed by atoms with E-state index in [2.05, 4.69) is 36.3 Å². The molecule has 30 heavy (non-hydrogen) atoms. The molecule has 4 fully saturated rings. The van der Waals surface area contributed by atoms with Crippen molar-refractivity contribution in [3.05, 3.63) is 46.5 Å². The molecule has 4 saturated carbocycles. The van der Waals surface area contributed by atoms with Crippen LogP contribution >= 0.6 is 27.5 Å². The number of nitrogens with zero attached hydrogens (tertiary/aromatic N) is 4. The van der Waals surface area contributed by atoms with Crippen molar-refractivity contribution in [1.29, 1.82) is 0 Å². The zero-order valence-corrected chi connectivity index (χ0v) is 18.7. The van der Waals surface area contributed by atoms with Crippen LogP contribution in [0.2, 0.25) is 5.28 Å². The van der Waals surface area contributed by atoms with E-state index in [9.17, 15) is 4.79 Å². The lowest BCUT2D eigenvalue weighted by atomic mass is 9.46. The average molecular weight is 487 g/mol.